The highest BCUT2D eigenvalue weighted by Gasteiger charge is 2.30. The van der Waals surface area contributed by atoms with Gasteiger partial charge in [-0.25, -0.2) is 9.78 Å². The molecule has 3 rings (SSSR count). The quantitative estimate of drug-likeness (QED) is 0.489. The molecular weight excluding hydrogens is 417 g/mol. The molecule has 0 spiro atoms. The second-order valence-electron chi connectivity index (χ2n) is 8.13. The first-order valence-corrected chi connectivity index (χ1v) is 11.6. The van der Waals surface area contributed by atoms with Crippen molar-refractivity contribution in [2.45, 2.75) is 55.4 Å². The molecule has 2 amide bonds. The van der Waals surface area contributed by atoms with Crippen LogP contribution in [0.3, 0.4) is 0 Å². The Morgan fingerprint density at radius 1 is 1.37 bits per heavy atom. The highest BCUT2D eigenvalue weighted by Crippen LogP contribution is 2.37. The molecule has 1 fully saturated rings. The maximum atomic E-state index is 13.1. The summed E-state index contributed by atoms with van der Waals surface area (Å²) in [4.78, 5) is 30.5. The van der Waals surface area contributed by atoms with E-state index in [0.29, 0.717) is 23.1 Å². The fourth-order valence-electron chi connectivity index (χ4n) is 3.40. The fraction of sp³-hybridized carbons (Fsp3) is 0.476. The summed E-state index contributed by atoms with van der Waals surface area (Å²) < 4.78 is -0.229. The Morgan fingerprint density at radius 2 is 2.07 bits per heavy atom. The molecular formula is C21H26BN3O3S2. The SMILES string of the molecule is [B]c1ccc(N(CC2CCCC2)C(=O)Nc2ncc(SC(C)(C)C(=O)O)s2)cc1C. The van der Waals surface area contributed by atoms with E-state index >= 15 is 0 Å². The van der Waals surface area contributed by atoms with Crippen LogP contribution in [0.1, 0.15) is 45.1 Å². The van der Waals surface area contributed by atoms with Crippen LogP contribution in [0.15, 0.2) is 28.6 Å². The van der Waals surface area contributed by atoms with E-state index in [-0.39, 0.29) is 6.03 Å². The van der Waals surface area contributed by atoms with Crippen molar-refractivity contribution >= 4 is 59.2 Å². The van der Waals surface area contributed by atoms with Crippen LogP contribution in [0.2, 0.25) is 0 Å². The number of benzene rings is 1. The van der Waals surface area contributed by atoms with Gasteiger partial charge < -0.3 is 5.11 Å². The molecule has 1 aromatic heterocycles. The van der Waals surface area contributed by atoms with Gasteiger partial charge in [-0.3, -0.25) is 15.0 Å². The molecule has 0 bridgehead atoms. The normalized spacial score (nSPS) is 14.6. The highest BCUT2D eigenvalue weighted by molar-refractivity contribution is 8.03. The number of aromatic nitrogens is 1. The third-order valence-electron chi connectivity index (χ3n) is 5.29. The van der Waals surface area contributed by atoms with Crippen LogP contribution in [0.4, 0.5) is 15.6 Å². The number of anilines is 2. The van der Waals surface area contributed by atoms with E-state index in [2.05, 4.69) is 10.3 Å². The zero-order valence-electron chi connectivity index (χ0n) is 17.5. The lowest BCUT2D eigenvalue weighted by molar-refractivity contribution is -0.138. The minimum absolute atomic E-state index is 0.241. The first kappa shape index (κ1) is 22.7. The van der Waals surface area contributed by atoms with E-state index in [0.717, 1.165) is 28.3 Å². The Balaban J connectivity index is 1.76. The number of thiazole rings is 1. The number of carboxylic acids is 1. The molecule has 1 saturated carbocycles. The van der Waals surface area contributed by atoms with Crippen LogP contribution in [0, 0.1) is 12.8 Å². The molecule has 1 heterocycles. The lowest BCUT2D eigenvalue weighted by atomic mass is 9.91. The number of carboxylic acid groups (broad SMARTS) is 1. The molecule has 1 aromatic carbocycles. The van der Waals surface area contributed by atoms with Crippen LogP contribution < -0.4 is 15.7 Å². The number of hydrogen-bond acceptors (Lipinski definition) is 5. The molecule has 0 aliphatic heterocycles. The first-order chi connectivity index (χ1) is 14.2. The van der Waals surface area contributed by atoms with E-state index in [9.17, 15) is 14.7 Å². The Kier molecular flexibility index (Phi) is 7.13. The summed E-state index contributed by atoms with van der Waals surface area (Å²) >= 11 is 2.49. The molecule has 158 valence electrons. The molecule has 0 unspecified atom stereocenters. The highest BCUT2D eigenvalue weighted by atomic mass is 32.2. The standard InChI is InChI=1S/C21H26BN3O3S2/c1-13-10-15(8-9-16(13)22)25(12-14-6-4-5-7-14)20(28)24-19-23-11-17(29-19)30-21(2,3)18(26)27/h8-11,14H,4-7,12H2,1-3H3,(H,26,27)(H,23,24,28). The van der Waals surface area contributed by atoms with Crippen molar-refractivity contribution in [3.63, 3.8) is 0 Å². The third kappa shape index (κ3) is 5.57. The average molecular weight is 443 g/mol. The lowest BCUT2D eigenvalue weighted by Gasteiger charge is -2.26. The number of nitrogens with zero attached hydrogens (tertiary/aromatic N) is 2. The summed E-state index contributed by atoms with van der Waals surface area (Å²) in [7, 11) is 5.95. The number of rotatable bonds is 7. The summed E-state index contributed by atoms with van der Waals surface area (Å²) in [6, 6.07) is 5.39. The summed E-state index contributed by atoms with van der Waals surface area (Å²) in [5.41, 5.74) is 2.44. The number of nitrogens with one attached hydrogen (secondary N) is 1. The van der Waals surface area contributed by atoms with Crippen LogP contribution in [0.5, 0.6) is 0 Å². The van der Waals surface area contributed by atoms with Crippen LogP contribution in [-0.2, 0) is 4.79 Å². The van der Waals surface area contributed by atoms with E-state index in [1.165, 1.54) is 35.9 Å². The number of aryl methyl sites for hydroxylation is 1. The van der Waals surface area contributed by atoms with Gasteiger partial charge in [0.1, 0.15) is 12.6 Å². The molecule has 9 heteroatoms. The van der Waals surface area contributed by atoms with Gasteiger partial charge in [0.25, 0.3) is 0 Å². The second-order valence-corrected chi connectivity index (χ2v) is 11.1. The van der Waals surface area contributed by atoms with Gasteiger partial charge in [0, 0.05) is 12.2 Å². The summed E-state index contributed by atoms with van der Waals surface area (Å²) in [5.74, 6) is -0.416. The lowest BCUT2D eigenvalue weighted by Crippen LogP contribution is -2.38. The van der Waals surface area contributed by atoms with E-state index in [1.54, 1.807) is 24.9 Å². The Labute approximate surface area is 186 Å². The third-order valence-corrected chi connectivity index (χ3v) is 7.49. The van der Waals surface area contributed by atoms with Crippen molar-refractivity contribution in [3.05, 3.63) is 30.0 Å². The van der Waals surface area contributed by atoms with Gasteiger partial charge in [-0.05, 0) is 51.7 Å². The number of thioether (sulfide) groups is 1. The number of hydrogen-bond donors (Lipinski definition) is 2. The van der Waals surface area contributed by atoms with Crippen molar-refractivity contribution in [2.75, 3.05) is 16.8 Å². The zero-order chi connectivity index (χ0) is 21.9. The summed E-state index contributed by atoms with van der Waals surface area (Å²) in [6.07, 6.45) is 6.25. The monoisotopic (exact) mass is 443 g/mol. The fourth-order valence-corrected chi connectivity index (χ4v) is 5.67. The van der Waals surface area contributed by atoms with Crippen LogP contribution in [-0.4, -0.2) is 41.2 Å². The van der Waals surface area contributed by atoms with Crippen molar-refractivity contribution in [2.24, 2.45) is 5.92 Å². The van der Waals surface area contributed by atoms with Crippen LogP contribution in [0.25, 0.3) is 0 Å². The smallest absolute Gasteiger partial charge is 0.328 e. The second kappa shape index (κ2) is 9.43. The van der Waals surface area contributed by atoms with E-state index in [4.69, 9.17) is 7.85 Å². The molecule has 2 radical (unpaired) electrons. The maximum absolute atomic E-state index is 13.1. The molecule has 2 aromatic rings. The van der Waals surface area contributed by atoms with Crippen molar-refractivity contribution in [1.29, 1.82) is 0 Å². The number of urea groups is 1. The molecule has 0 saturated heterocycles. The Bertz CT molecular complexity index is 926. The predicted molar refractivity (Wildman–Crippen MR) is 125 cm³/mol. The minimum atomic E-state index is -0.968. The maximum Gasteiger partial charge on any atom is 0.328 e. The van der Waals surface area contributed by atoms with Gasteiger partial charge in [-0.2, -0.15) is 0 Å². The molecule has 0 atom stereocenters. The van der Waals surface area contributed by atoms with Gasteiger partial charge in [0.2, 0.25) is 0 Å². The number of amides is 2. The van der Waals surface area contributed by atoms with Crippen molar-refractivity contribution in [3.8, 4) is 0 Å². The molecule has 2 N–H and O–H groups in total. The number of aliphatic carboxylic acids is 1. The summed E-state index contributed by atoms with van der Waals surface area (Å²) in [6.45, 7) is 5.86. The zero-order valence-corrected chi connectivity index (χ0v) is 19.1. The average Bonchev–Trinajstić information content (AvgIpc) is 3.33. The Morgan fingerprint density at radius 3 is 2.70 bits per heavy atom. The molecule has 30 heavy (non-hydrogen) atoms. The van der Waals surface area contributed by atoms with Gasteiger partial charge >= 0.3 is 12.0 Å². The van der Waals surface area contributed by atoms with Gasteiger partial charge in [-0.15, -0.1) is 0 Å². The Hall–Kier alpha value is -2.00. The van der Waals surface area contributed by atoms with Crippen LogP contribution >= 0.6 is 23.1 Å². The van der Waals surface area contributed by atoms with Crippen molar-refractivity contribution < 1.29 is 14.7 Å². The molecule has 6 nitrogen and oxygen atoms in total. The predicted octanol–water partition coefficient (Wildman–Crippen LogP) is 4.43. The molecule has 1 aliphatic rings. The van der Waals surface area contributed by atoms with Crippen molar-refractivity contribution in [1.82, 2.24) is 4.98 Å². The largest absolute Gasteiger partial charge is 0.480 e. The van der Waals surface area contributed by atoms with Gasteiger partial charge in [-0.1, -0.05) is 53.0 Å². The topological polar surface area (TPSA) is 82.5 Å². The van der Waals surface area contributed by atoms with E-state index < -0.39 is 10.7 Å². The van der Waals surface area contributed by atoms with Gasteiger partial charge in [0.15, 0.2) is 5.13 Å². The number of carbonyl (C=O) groups is 2. The minimum Gasteiger partial charge on any atom is -0.480 e. The van der Waals surface area contributed by atoms with Gasteiger partial charge in [0.05, 0.1) is 10.4 Å². The summed E-state index contributed by atoms with van der Waals surface area (Å²) in [5, 5.41) is 12.6. The first-order valence-electron chi connectivity index (χ1n) is 9.98. The van der Waals surface area contributed by atoms with E-state index in [1.807, 2.05) is 25.1 Å². The molecule has 1 aliphatic carbocycles. The number of carbonyl (C=O) groups excluding carboxylic acids is 1.